The lowest BCUT2D eigenvalue weighted by Crippen LogP contribution is -2.43. The number of hydrogen-bond donors (Lipinski definition) is 1. The van der Waals surface area contributed by atoms with Gasteiger partial charge in [0.2, 0.25) is 10.0 Å². The third-order valence-corrected chi connectivity index (χ3v) is 6.45. The second-order valence-corrected chi connectivity index (χ2v) is 7.79. The summed E-state index contributed by atoms with van der Waals surface area (Å²) >= 11 is 6.18. The van der Waals surface area contributed by atoms with E-state index >= 15 is 0 Å². The molecule has 1 atom stereocenters. The molecule has 0 bridgehead atoms. The Labute approximate surface area is 132 Å². The van der Waals surface area contributed by atoms with Crippen molar-refractivity contribution >= 4 is 21.6 Å². The van der Waals surface area contributed by atoms with Crippen molar-refractivity contribution < 1.29 is 8.42 Å². The third-order valence-electron chi connectivity index (χ3n) is 4.01. The fourth-order valence-electron chi connectivity index (χ4n) is 2.92. The van der Waals surface area contributed by atoms with Gasteiger partial charge in [-0.3, -0.25) is 0 Å². The van der Waals surface area contributed by atoms with Crippen LogP contribution in [0.25, 0.3) is 0 Å². The third kappa shape index (κ3) is 3.59. The second-order valence-electron chi connectivity index (χ2n) is 5.52. The summed E-state index contributed by atoms with van der Waals surface area (Å²) in [4.78, 5) is 0.198. The minimum atomic E-state index is -3.53. The first-order chi connectivity index (χ1) is 10.0. The maximum atomic E-state index is 12.9. The Morgan fingerprint density at radius 2 is 2.14 bits per heavy atom. The number of nitrogens with two attached hydrogens (primary N) is 1. The van der Waals surface area contributed by atoms with E-state index < -0.39 is 10.0 Å². The standard InChI is InChI=1S/C15H23ClN2O2S/c1-2-5-13-6-3-4-9-18(13)21(19,20)15-8-7-12(11-17)10-14(15)16/h7-8,10,13H,2-6,9,11,17H2,1H3. The molecule has 0 spiro atoms. The molecule has 1 aliphatic heterocycles. The molecule has 2 N–H and O–H groups in total. The Balaban J connectivity index is 2.35. The number of sulfonamides is 1. The summed E-state index contributed by atoms with van der Waals surface area (Å²) in [6.45, 7) is 3.02. The quantitative estimate of drug-likeness (QED) is 0.902. The summed E-state index contributed by atoms with van der Waals surface area (Å²) < 4.78 is 27.4. The van der Waals surface area contributed by atoms with Gasteiger partial charge in [-0.15, -0.1) is 0 Å². The van der Waals surface area contributed by atoms with Crippen LogP contribution in [0.4, 0.5) is 0 Å². The van der Waals surface area contributed by atoms with Crippen LogP contribution >= 0.6 is 11.6 Å². The molecule has 4 nitrogen and oxygen atoms in total. The van der Waals surface area contributed by atoms with Crippen molar-refractivity contribution in [3.05, 3.63) is 28.8 Å². The van der Waals surface area contributed by atoms with Gasteiger partial charge in [-0.25, -0.2) is 8.42 Å². The largest absolute Gasteiger partial charge is 0.326 e. The van der Waals surface area contributed by atoms with Gasteiger partial charge < -0.3 is 5.73 Å². The molecule has 0 aromatic heterocycles. The molecule has 1 saturated heterocycles. The van der Waals surface area contributed by atoms with Gasteiger partial charge in [0.1, 0.15) is 4.90 Å². The van der Waals surface area contributed by atoms with E-state index in [1.54, 1.807) is 22.5 Å². The molecule has 1 aliphatic rings. The molecule has 1 heterocycles. The molecule has 1 unspecified atom stereocenters. The van der Waals surface area contributed by atoms with E-state index in [-0.39, 0.29) is 16.0 Å². The SMILES string of the molecule is CCCC1CCCCN1S(=O)(=O)c1ccc(CN)cc1Cl. The van der Waals surface area contributed by atoms with Gasteiger partial charge in [0.25, 0.3) is 0 Å². The number of benzene rings is 1. The van der Waals surface area contributed by atoms with Crippen LogP contribution in [0.5, 0.6) is 0 Å². The van der Waals surface area contributed by atoms with Gasteiger partial charge in [-0.05, 0) is 37.0 Å². The molecule has 2 rings (SSSR count). The fraction of sp³-hybridized carbons (Fsp3) is 0.600. The van der Waals surface area contributed by atoms with E-state index in [4.69, 9.17) is 17.3 Å². The van der Waals surface area contributed by atoms with Crippen molar-refractivity contribution in [2.24, 2.45) is 5.73 Å². The molecule has 1 aromatic carbocycles. The van der Waals surface area contributed by atoms with Crippen LogP contribution < -0.4 is 5.73 Å². The van der Waals surface area contributed by atoms with Crippen molar-refractivity contribution in [2.45, 2.75) is 56.5 Å². The van der Waals surface area contributed by atoms with Gasteiger partial charge in [-0.2, -0.15) is 4.31 Å². The second kappa shape index (κ2) is 7.09. The highest BCUT2D eigenvalue weighted by Crippen LogP contribution is 2.31. The van der Waals surface area contributed by atoms with Crippen molar-refractivity contribution in [3.8, 4) is 0 Å². The van der Waals surface area contributed by atoms with E-state index in [0.29, 0.717) is 13.1 Å². The van der Waals surface area contributed by atoms with Crippen molar-refractivity contribution in [2.75, 3.05) is 6.54 Å². The predicted octanol–water partition coefficient (Wildman–Crippen LogP) is 3.14. The van der Waals surface area contributed by atoms with E-state index in [1.165, 1.54) is 0 Å². The summed E-state index contributed by atoms with van der Waals surface area (Å²) in [5, 5.41) is 0.263. The van der Waals surface area contributed by atoms with Crippen molar-refractivity contribution in [1.29, 1.82) is 0 Å². The van der Waals surface area contributed by atoms with Crippen molar-refractivity contribution in [1.82, 2.24) is 4.31 Å². The molecule has 0 amide bonds. The number of rotatable bonds is 5. The number of nitrogens with zero attached hydrogens (tertiary/aromatic N) is 1. The van der Waals surface area contributed by atoms with Crippen molar-refractivity contribution in [3.63, 3.8) is 0 Å². The van der Waals surface area contributed by atoms with E-state index in [0.717, 1.165) is 37.7 Å². The van der Waals surface area contributed by atoms with Crippen LogP contribution in [0, 0.1) is 0 Å². The molecule has 1 fully saturated rings. The first kappa shape index (κ1) is 16.7. The molecule has 6 heteroatoms. The highest BCUT2D eigenvalue weighted by molar-refractivity contribution is 7.89. The molecular formula is C15H23ClN2O2S. The molecular weight excluding hydrogens is 308 g/mol. The molecule has 0 radical (unpaired) electrons. The van der Waals surface area contributed by atoms with Crippen LogP contribution in [0.2, 0.25) is 5.02 Å². The summed E-state index contributed by atoms with van der Waals surface area (Å²) in [5.74, 6) is 0. The summed E-state index contributed by atoms with van der Waals surface area (Å²) in [6.07, 6.45) is 4.83. The first-order valence-electron chi connectivity index (χ1n) is 7.51. The zero-order valence-corrected chi connectivity index (χ0v) is 14.0. The minimum absolute atomic E-state index is 0.0963. The predicted molar refractivity (Wildman–Crippen MR) is 85.8 cm³/mol. The van der Waals surface area contributed by atoms with Gasteiger partial charge in [0, 0.05) is 19.1 Å². The maximum Gasteiger partial charge on any atom is 0.244 e. The van der Waals surface area contributed by atoms with Gasteiger partial charge in [0.15, 0.2) is 0 Å². The normalized spacial score (nSPS) is 20.6. The van der Waals surface area contributed by atoms with Gasteiger partial charge >= 0.3 is 0 Å². The Hall–Kier alpha value is -0.620. The highest BCUT2D eigenvalue weighted by atomic mass is 35.5. The average Bonchev–Trinajstić information content (AvgIpc) is 2.47. The number of piperidine rings is 1. The molecule has 1 aromatic rings. The van der Waals surface area contributed by atoms with E-state index in [1.807, 2.05) is 0 Å². The topological polar surface area (TPSA) is 63.4 Å². The summed E-state index contributed by atoms with van der Waals surface area (Å²) in [7, 11) is -3.53. The van der Waals surface area contributed by atoms with Gasteiger partial charge in [-0.1, -0.05) is 37.4 Å². The monoisotopic (exact) mass is 330 g/mol. The van der Waals surface area contributed by atoms with E-state index in [9.17, 15) is 8.42 Å². The lowest BCUT2D eigenvalue weighted by molar-refractivity contribution is 0.239. The minimum Gasteiger partial charge on any atom is -0.326 e. The summed E-state index contributed by atoms with van der Waals surface area (Å²) in [5.41, 5.74) is 6.40. The Kier molecular flexibility index (Phi) is 5.66. The molecule has 0 saturated carbocycles. The Bertz CT molecular complexity index is 587. The van der Waals surface area contributed by atoms with Crippen LogP contribution in [0.3, 0.4) is 0 Å². The van der Waals surface area contributed by atoms with Gasteiger partial charge in [0.05, 0.1) is 5.02 Å². The fourth-order valence-corrected chi connectivity index (χ4v) is 5.19. The lowest BCUT2D eigenvalue weighted by Gasteiger charge is -2.34. The number of hydrogen-bond acceptors (Lipinski definition) is 3. The average molecular weight is 331 g/mol. The Morgan fingerprint density at radius 3 is 2.76 bits per heavy atom. The van der Waals surface area contributed by atoms with Crippen LogP contribution in [0.1, 0.15) is 44.6 Å². The molecule has 0 aliphatic carbocycles. The maximum absolute atomic E-state index is 12.9. The summed E-state index contributed by atoms with van der Waals surface area (Å²) in [6, 6.07) is 5.06. The number of halogens is 1. The highest BCUT2D eigenvalue weighted by Gasteiger charge is 2.34. The van der Waals surface area contributed by atoms with E-state index in [2.05, 4.69) is 6.92 Å². The lowest BCUT2D eigenvalue weighted by atomic mass is 10.0. The molecule has 118 valence electrons. The molecule has 21 heavy (non-hydrogen) atoms. The zero-order valence-electron chi connectivity index (χ0n) is 12.4. The van der Waals surface area contributed by atoms with Crippen LogP contribution in [-0.4, -0.2) is 25.3 Å². The Morgan fingerprint density at radius 1 is 1.38 bits per heavy atom. The smallest absolute Gasteiger partial charge is 0.244 e. The van der Waals surface area contributed by atoms with Crippen LogP contribution in [0.15, 0.2) is 23.1 Å². The van der Waals surface area contributed by atoms with Crippen LogP contribution in [-0.2, 0) is 16.6 Å². The zero-order chi connectivity index (χ0) is 15.5. The first-order valence-corrected chi connectivity index (χ1v) is 9.32.